The molecule has 2 unspecified atom stereocenters. The van der Waals surface area contributed by atoms with Gasteiger partial charge >= 0.3 is 0 Å². The first-order chi connectivity index (χ1) is 10.3. The molecule has 1 aliphatic rings. The molecule has 1 aromatic carbocycles. The average molecular weight is 296 g/mol. The summed E-state index contributed by atoms with van der Waals surface area (Å²) in [6.45, 7) is 3.18. The highest BCUT2D eigenvalue weighted by atomic mass is 19.1. The van der Waals surface area contributed by atoms with E-state index in [4.69, 9.17) is 9.47 Å². The molecule has 0 saturated carbocycles. The minimum absolute atomic E-state index is 0.156. The lowest BCUT2D eigenvalue weighted by atomic mass is 10.1. The van der Waals surface area contributed by atoms with Gasteiger partial charge in [-0.1, -0.05) is 30.3 Å². The quantitative estimate of drug-likeness (QED) is 0.707. The van der Waals surface area contributed by atoms with Crippen LogP contribution in [0.15, 0.2) is 30.3 Å². The van der Waals surface area contributed by atoms with Gasteiger partial charge in [0.05, 0.1) is 6.10 Å². The van der Waals surface area contributed by atoms with Gasteiger partial charge in [-0.15, -0.1) is 0 Å². The lowest BCUT2D eigenvalue weighted by Crippen LogP contribution is -2.35. The first-order valence-electron chi connectivity index (χ1n) is 7.50. The molecule has 1 heterocycles. The molecule has 1 N–H and O–H groups in total. The van der Waals surface area contributed by atoms with Gasteiger partial charge in [0, 0.05) is 39.3 Å². The number of halogens is 1. The molecule has 1 saturated heterocycles. The van der Waals surface area contributed by atoms with Crippen molar-refractivity contribution in [1.82, 2.24) is 10.2 Å². The second kappa shape index (κ2) is 9.10. The van der Waals surface area contributed by atoms with E-state index in [1.165, 1.54) is 5.56 Å². The zero-order valence-electron chi connectivity index (χ0n) is 12.6. The summed E-state index contributed by atoms with van der Waals surface area (Å²) in [5.74, 6) is 0. The van der Waals surface area contributed by atoms with Crippen LogP contribution in [0.25, 0.3) is 0 Å². The van der Waals surface area contributed by atoms with Crippen molar-refractivity contribution in [2.45, 2.75) is 18.6 Å². The van der Waals surface area contributed by atoms with Crippen molar-refractivity contribution in [3.05, 3.63) is 35.9 Å². The van der Waals surface area contributed by atoms with Gasteiger partial charge in [0.15, 0.2) is 0 Å². The Morgan fingerprint density at radius 2 is 2.19 bits per heavy atom. The summed E-state index contributed by atoms with van der Waals surface area (Å²) in [5, 5.41) is 3.29. The molecule has 0 spiro atoms. The third kappa shape index (κ3) is 5.36. The Labute approximate surface area is 126 Å². The van der Waals surface area contributed by atoms with Crippen molar-refractivity contribution in [2.75, 3.05) is 46.8 Å². The summed E-state index contributed by atoms with van der Waals surface area (Å²) in [6.07, 6.45) is 1.26. The van der Waals surface area contributed by atoms with E-state index in [-0.39, 0.29) is 18.8 Å². The van der Waals surface area contributed by atoms with Crippen molar-refractivity contribution in [2.24, 2.45) is 0 Å². The Morgan fingerprint density at radius 1 is 1.38 bits per heavy atom. The Hall–Kier alpha value is -1.01. The summed E-state index contributed by atoms with van der Waals surface area (Å²) in [7, 11) is 1.64. The highest BCUT2D eigenvalue weighted by Gasteiger charge is 2.25. The number of alkyl halides is 1. The molecule has 1 fully saturated rings. The molecule has 2 rings (SSSR count). The van der Waals surface area contributed by atoms with Crippen LogP contribution in [0.1, 0.15) is 18.0 Å². The fourth-order valence-corrected chi connectivity index (χ4v) is 2.72. The Morgan fingerprint density at radius 3 is 2.90 bits per heavy atom. The lowest BCUT2D eigenvalue weighted by molar-refractivity contribution is -0.0672. The fourth-order valence-electron chi connectivity index (χ4n) is 2.72. The first-order valence-corrected chi connectivity index (χ1v) is 7.50. The van der Waals surface area contributed by atoms with Crippen LogP contribution in [0.4, 0.5) is 4.39 Å². The van der Waals surface area contributed by atoms with Gasteiger partial charge < -0.3 is 14.8 Å². The monoisotopic (exact) mass is 296 g/mol. The number of nitrogens with zero attached hydrogens (tertiary/aromatic N) is 1. The maximum absolute atomic E-state index is 12.5. The first kappa shape index (κ1) is 16.4. The zero-order chi connectivity index (χ0) is 14.9. The third-order valence-electron chi connectivity index (χ3n) is 3.78. The van der Waals surface area contributed by atoms with Crippen molar-refractivity contribution >= 4 is 0 Å². The van der Waals surface area contributed by atoms with Gasteiger partial charge in [-0.05, 0) is 12.0 Å². The lowest BCUT2D eigenvalue weighted by Gasteiger charge is -2.25. The number of rotatable bonds is 9. The Balaban J connectivity index is 1.87. The van der Waals surface area contributed by atoms with E-state index in [0.29, 0.717) is 13.3 Å². The van der Waals surface area contributed by atoms with Crippen LogP contribution in [0, 0.1) is 0 Å². The van der Waals surface area contributed by atoms with E-state index in [0.717, 1.165) is 26.1 Å². The Kier molecular flexibility index (Phi) is 7.09. The molecule has 0 bridgehead atoms. The van der Waals surface area contributed by atoms with Crippen molar-refractivity contribution < 1.29 is 13.9 Å². The van der Waals surface area contributed by atoms with Gasteiger partial charge in [-0.3, -0.25) is 4.90 Å². The summed E-state index contributed by atoms with van der Waals surface area (Å²) in [5.41, 5.74) is 1.20. The normalized spacial score (nSPS) is 20.8. The molecule has 21 heavy (non-hydrogen) atoms. The molecule has 0 aromatic heterocycles. The molecule has 1 aliphatic heterocycles. The van der Waals surface area contributed by atoms with Crippen LogP contribution in [-0.4, -0.2) is 57.8 Å². The highest BCUT2D eigenvalue weighted by molar-refractivity contribution is 5.19. The molecule has 4 nitrogen and oxygen atoms in total. The van der Waals surface area contributed by atoms with E-state index in [2.05, 4.69) is 22.3 Å². The van der Waals surface area contributed by atoms with E-state index in [9.17, 15) is 4.39 Å². The molecule has 0 aliphatic carbocycles. The standard InChI is InChI=1S/C16H25FN2O2/c1-20-13-21-15-7-10-19(11-15)12-16(18-9-8-17)14-5-3-2-4-6-14/h2-6,15-16,18H,7-13H2,1H3. The van der Waals surface area contributed by atoms with Gasteiger partial charge in [0.1, 0.15) is 13.5 Å². The van der Waals surface area contributed by atoms with Crippen LogP contribution < -0.4 is 5.32 Å². The maximum atomic E-state index is 12.5. The fraction of sp³-hybridized carbons (Fsp3) is 0.625. The van der Waals surface area contributed by atoms with E-state index < -0.39 is 0 Å². The van der Waals surface area contributed by atoms with E-state index in [1.807, 2.05) is 18.2 Å². The van der Waals surface area contributed by atoms with E-state index in [1.54, 1.807) is 7.11 Å². The molecule has 0 radical (unpaired) electrons. The molecule has 0 amide bonds. The van der Waals surface area contributed by atoms with Crippen LogP contribution in [-0.2, 0) is 9.47 Å². The number of hydrogen-bond acceptors (Lipinski definition) is 4. The van der Waals surface area contributed by atoms with Crippen LogP contribution in [0.3, 0.4) is 0 Å². The number of likely N-dealkylation sites (tertiary alicyclic amines) is 1. The van der Waals surface area contributed by atoms with Crippen molar-refractivity contribution in [3.8, 4) is 0 Å². The number of methoxy groups -OCH3 is 1. The summed E-state index contributed by atoms with van der Waals surface area (Å²) >= 11 is 0. The predicted octanol–water partition coefficient (Wildman–Crippen LogP) is 1.98. The van der Waals surface area contributed by atoms with E-state index >= 15 is 0 Å². The minimum Gasteiger partial charge on any atom is -0.359 e. The zero-order valence-corrected chi connectivity index (χ0v) is 12.6. The molecular weight excluding hydrogens is 271 g/mol. The second-order valence-corrected chi connectivity index (χ2v) is 5.35. The predicted molar refractivity (Wildman–Crippen MR) is 81.0 cm³/mol. The summed E-state index contributed by atoms with van der Waals surface area (Å²) in [6, 6.07) is 10.4. The molecule has 5 heteroatoms. The maximum Gasteiger partial charge on any atom is 0.146 e. The summed E-state index contributed by atoms with van der Waals surface area (Å²) < 4.78 is 23.0. The molecule has 118 valence electrons. The van der Waals surface area contributed by atoms with Gasteiger partial charge in [-0.2, -0.15) is 0 Å². The number of nitrogens with one attached hydrogen (secondary N) is 1. The van der Waals surface area contributed by atoms with Crippen LogP contribution in [0.5, 0.6) is 0 Å². The molecule has 1 aromatic rings. The second-order valence-electron chi connectivity index (χ2n) is 5.35. The van der Waals surface area contributed by atoms with Crippen LogP contribution >= 0.6 is 0 Å². The number of benzene rings is 1. The highest BCUT2D eigenvalue weighted by Crippen LogP contribution is 2.19. The SMILES string of the molecule is COCOC1CCN(CC(NCCF)c2ccccc2)C1. The number of hydrogen-bond donors (Lipinski definition) is 1. The topological polar surface area (TPSA) is 33.7 Å². The Bertz CT molecular complexity index is 391. The van der Waals surface area contributed by atoms with Crippen LogP contribution in [0.2, 0.25) is 0 Å². The molecule has 2 atom stereocenters. The van der Waals surface area contributed by atoms with Gasteiger partial charge in [0.25, 0.3) is 0 Å². The third-order valence-corrected chi connectivity index (χ3v) is 3.78. The van der Waals surface area contributed by atoms with Gasteiger partial charge in [0.2, 0.25) is 0 Å². The molecular formula is C16H25FN2O2. The van der Waals surface area contributed by atoms with Crippen molar-refractivity contribution in [1.29, 1.82) is 0 Å². The smallest absolute Gasteiger partial charge is 0.146 e. The number of ether oxygens (including phenoxy) is 2. The largest absolute Gasteiger partial charge is 0.359 e. The summed E-state index contributed by atoms with van der Waals surface area (Å²) in [4.78, 5) is 2.36. The van der Waals surface area contributed by atoms with Gasteiger partial charge in [-0.25, -0.2) is 4.39 Å². The average Bonchev–Trinajstić information content (AvgIpc) is 2.97. The van der Waals surface area contributed by atoms with Crippen molar-refractivity contribution in [3.63, 3.8) is 0 Å². The minimum atomic E-state index is -0.344.